The molecule has 26 heavy (non-hydrogen) atoms. The molecule has 1 saturated heterocycles. The molecule has 1 heterocycles. The molecule has 0 bridgehead atoms. The molecule has 2 aromatic rings. The van der Waals surface area contributed by atoms with Crippen LogP contribution in [0, 0.1) is 17.1 Å². The number of rotatable bonds is 5. The summed E-state index contributed by atoms with van der Waals surface area (Å²) in [6, 6.07) is 12.9. The minimum absolute atomic E-state index is 0.0798. The van der Waals surface area contributed by atoms with E-state index in [2.05, 4.69) is 0 Å². The Morgan fingerprint density at radius 3 is 2.62 bits per heavy atom. The lowest BCUT2D eigenvalue weighted by Gasteiger charge is -2.19. The van der Waals surface area contributed by atoms with Gasteiger partial charge in [0.2, 0.25) is 0 Å². The summed E-state index contributed by atoms with van der Waals surface area (Å²) in [4.78, 5) is 27.4. The van der Waals surface area contributed by atoms with Gasteiger partial charge < -0.3 is 4.74 Å². The molecule has 7 heteroatoms. The number of amides is 3. The summed E-state index contributed by atoms with van der Waals surface area (Å²) >= 11 is 0. The fourth-order valence-corrected chi connectivity index (χ4v) is 2.78. The maximum atomic E-state index is 13.1. The molecule has 0 aromatic heterocycles. The van der Waals surface area contributed by atoms with Crippen molar-refractivity contribution in [1.82, 2.24) is 4.90 Å². The summed E-state index contributed by atoms with van der Waals surface area (Å²) in [5.74, 6) is -0.260. The van der Waals surface area contributed by atoms with Gasteiger partial charge in [0, 0.05) is 5.69 Å². The summed E-state index contributed by atoms with van der Waals surface area (Å²) < 4.78 is 18.6. The van der Waals surface area contributed by atoms with Gasteiger partial charge in [-0.2, -0.15) is 5.26 Å². The van der Waals surface area contributed by atoms with Gasteiger partial charge in [-0.1, -0.05) is 6.07 Å². The SMILES string of the molecule is CC1C(=O)N(CCOc2cccc(C#N)c2)C(=O)N1c1ccc(F)cc1. The molecule has 1 unspecified atom stereocenters. The molecule has 1 aliphatic rings. The van der Waals surface area contributed by atoms with Gasteiger partial charge in [-0.05, 0) is 49.4 Å². The van der Waals surface area contributed by atoms with Crippen molar-refractivity contribution in [3.8, 4) is 11.8 Å². The average Bonchev–Trinajstić information content (AvgIpc) is 2.86. The van der Waals surface area contributed by atoms with Crippen LogP contribution < -0.4 is 9.64 Å². The van der Waals surface area contributed by atoms with Gasteiger partial charge in [0.05, 0.1) is 18.2 Å². The lowest BCUT2D eigenvalue weighted by Crippen LogP contribution is -2.36. The Hall–Kier alpha value is -3.40. The summed E-state index contributed by atoms with van der Waals surface area (Å²) in [6.07, 6.45) is 0. The van der Waals surface area contributed by atoms with Gasteiger partial charge in [-0.15, -0.1) is 0 Å². The molecular formula is C19H16FN3O3. The van der Waals surface area contributed by atoms with E-state index >= 15 is 0 Å². The molecule has 0 aliphatic carbocycles. The number of benzene rings is 2. The number of carbonyl (C=O) groups is 2. The molecule has 3 rings (SSSR count). The van der Waals surface area contributed by atoms with Crippen molar-refractivity contribution in [2.45, 2.75) is 13.0 Å². The van der Waals surface area contributed by atoms with Gasteiger partial charge in [-0.25, -0.2) is 9.18 Å². The Labute approximate surface area is 150 Å². The summed E-state index contributed by atoms with van der Waals surface area (Å²) in [5, 5.41) is 8.88. The van der Waals surface area contributed by atoms with Crippen molar-refractivity contribution in [2.24, 2.45) is 0 Å². The maximum absolute atomic E-state index is 13.1. The van der Waals surface area contributed by atoms with Gasteiger partial charge in [0.25, 0.3) is 5.91 Å². The number of urea groups is 1. The first-order valence-electron chi connectivity index (χ1n) is 8.04. The van der Waals surface area contributed by atoms with Crippen LogP contribution in [-0.2, 0) is 4.79 Å². The van der Waals surface area contributed by atoms with Crippen LogP contribution in [0.15, 0.2) is 48.5 Å². The van der Waals surface area contributed by atoms with Crippen molar-refractivity contribution in [3.63, 3.8) is 0 Å². The topological polar surface area (TPSA) is 73.6 Å². The van der Waals surface area contributed by atoms with Crippen LogP contribution in [0.2, 0.25) is 0 Å². The molecule has 1 atom stereocenters. The van der Waals surface area contributed by atoms with E-state index < -0.39 is 17.9 Å². The predicted molar refractivity (Wildman–Crippen MR) is 92.1 cm³/mol. The van der Waals surface area contributed by atoms with Crippen LogP contribution in [-0.4, -0.2) is 36.0 Å². The number of imide groups is 1. The van der Waals surface area contributed by atoms with E-state index in [1.807, 2.05) is 6.07 Å². The fraction of sp³-hybridized carbons (Fsp3) is 0.211. The van der Waals surface area contributed by atoms with E-state index in [0.717, 1.165) is 4.90 Å². The Kier molecular flexibility index (Phi) is 4.85. The lowest BCUT2D eigenvalue weighted by molar-refractivity contribution is -0.127. The quantitative estimate of drug-likeness (QED) is 0.775. The van der Waals surface area contributed by atoms with E-state index in [1.54, 1.807) is 31.2 Å². The first-order valence-corrected chi connectivity index (χ1v) is 8.04. The highest BCUT2D eigenvalue weighted by atomic mass is 19.1. The van der Waals surface area contributed by atoms with Crippen LogP contribution in [0.5, 0.6) is 5.75 Å². The minimum atomic E-state index is -0.671. The number of carbonyl (C=O) groups excluding carboxylic acids is 2. The van der Waals surface area contributed by atoms with Crippen molar-refractivity contribution in [3.05, 3.63) is 59.9 Å². The second-order valence-corrected chi connectivity index (χ2v) is 5.78. The normalized spacial score (nSPS) is 16.7. The Morgan fingerprint density at radius 2 is 1.92 bits per heavy atom. The zero-order chi connectivity index (χ0) is 18.7. The molecule has 6 nitrogen and oxygen atoms in total. The third-order valence-electron chi connectivity index (χ3n) is 4.10. The monoisotopic (exact) mass is 353 g/mol. The largest absolute Gasteiger partial charge is 0.492 e. The Balaban J connectivity index is 1.66. The third kappa shape index (κ3) is 3.35. The number of nitriles is 1. The van der Waals surface area contributed by atoms with E-state index in [4.69, 9.17) is 10.00 Å². The standard InChI is InChI=1S/C19H16FN3O3/c1-13-18(24)22(9-10-26-17-4-2-3-14(11-17)12-21)19(25)23(13)16-7-5-15(20)6-8-16/h2-8,11,13H,9-10H2,1H3. The fourth-order valence-electron chi connectivity index (χ4n) is 2.78. The number of hydrogen-bond acceptors (Lipinski definition) is 4. The van der Waals surface area contributed by atoms with Crippen molar-refractivity contribution < 1.29 is 18.7 Å². The first kappa shape index (κ1) is 17.4. The lowest BCUT2D eigenvalue weighted by atomic mass is 10.2. The molecule has 0 saturated carbocycles. The zero-order valence-electron chi connectivity index (χ0n) is 14.1. The first-order chi connectivity index (χ1) is 12.5. The number of halogens is 1. The second kappa shape index (κ2) is 7.23. The van der Waals surface area contributed by atoms with Crippen LogP contribution in [0.25, 0.3) is 0 Å². The summed E-state index contributed by atoms with van der Waals surface area (Å²) in [6.45, 7) is 1.81. The minimum Gasteiger partial charge on any atom is -0.492 e. The molecule has 1 aliphatic heterocycles. The maximum Gasteiger partial charge on any atom is 0.332 e. The third-order valence-corrected chi connectivity index (χ3v) is 4.10. The van der Waals surface area contributed by atoms with E-state index in [9.17, 15) is 14.0 Å². The summed E-state index contributed by atoms with van der Waals surface area (Å²) in [5.41, 5.74) is 0.925. The molecule has 1 fully saturated rings. The van der Waals surface area contributed by atoms with Gasteiger partial charge in [0.1, 0.15) is 24.2 Å². The molecule has 2 aromatic carbocycles. The second-order valence-electron chi connectivity index (χ2n) is 5.78. The Bertz CT molecular complexity index is 876. The average molecular weight is 353 g/mol. The van der Waals surface area contributed by atoms with Crippen LogP contribution in [0.4, 0.5) is 14.9 Å². The molecule has 3 amide bonds. The van der Waals surface area contributed by atoms with E-state index in [0.29, 0.717) is 17.0 Å². The van der Waals surface area contributed by atoms with Crippen molar-refractivity contribution in [1.29, 1.82) is 5.26 Å². The van der Waals surface area contributed by atoms with Gasteiger partial charge in [0.15, 0.2) is 0 Å². The van der Waals surface area contributed by atoms with Crippen LogP contribution in [0.3, 0.4) is 0 Å². The van der Waals surface area contributed by atoms with Crippen molar-refractivity contribution >= 4 is 17.6 Å². The van der Waals surface area contributed by atoms with E-state index in [-0.39, 0.29) is 19.1 Å². The highest BCUT2D eigenvalue weighted by Gasteiger charge is 2.43. The molecule has 0 spiro atoms. The zero-order valence-corrected chi connectivity index (χ0v) is 14.1. The van der Waals surface area contributed by atoms with Crippen LogP contribution >= 0.6 is 0 Å². The molecular weight excluding hydrogens is 337 g/mol. The summed E-state index contributed by atoms with van der Waals surface area (Å²) in [7, 11) is 0. The predicted octanol–water partition coefficient (Wildman–Crippen LogP) is 2.93. The number of nitrogens with zero attached hydrogens (tertiary/aromatic N) is 3. The molecule has 0 N–H and O–H groups in total. The van der Waals surface area contributed by atoms with Gasteiger partial charge in [-0.3, -0.25) is 14.6 Å². The number of hydrogen-bond donors (Lipinski definition) is 0. The number of anilines is 1. The van der Waals surface area contributed by atoms with Gasteiger partial charge >= 0.3 is 6.03 Å². The molecule has 0 radical (unpaired) electrons. The van der Waals surface area contributed by atoms with Crippen LogP contribution in [0.1, 0.15) is 12.5 Å². The van der Waals surface area contributed by atoms with Crippen molar-refractivity contribution in [2.75, 3.05) is 18.1 Å². The Morgan fingerprint density at radius 1 is 1.19 bits per heavy atom. The number of ether oxygens (including phenoxy) is 1. The highest BCUT2D eigenvalue weighted by molar-refractivity contribution is 6.14. The molecule has 132 valence electrons. The smallest absolute Gasteiger partial charge is 0.332 e. The van der Waals surface area contributed by atoms with E-state index in [1.165, 1.54) is 29.2 Å². The highest BCUT2D eigenvalue weighted by Crippen LogP contribution is 2.26.